The third kappa shape index (κ3) is 6.94. The van der Waals surface area contributed by atoms with Crippen molar-refractivity contribution in [3.05, 3.63) is 65.5 Å². The molecule has 3 N–H and O–H groups in total. The highest BCUT2D eigenvalue weighted by Crippen LogP contribution is 2.29. The van der Waals surface area contributed by atoms with E-state index in [1.54, 1.807) is 36.4 Å². The molecule has 1 aromatic carbocycles. The number of nitrogens with one attached hydrogen (secondary N) is 1. The Hall–Kier alpha value is -4.27. The molecule has 0 saturated carbocycles. The molecule has 0 aliphatic carbocycles. The Labute approximate surface area is 225 Å². The van der Waals surface area contributed by atoms with E-state index < -0.39 is 0 Å². The lowest BCUT2D eigenvalue weighted by atomic mass is 10.1. The van der Waals surface area contributed by atoms with E-state index in [-0.39, 0.29) is 23.2 Å². The first-order valence-electron chi connectivity index (χ1n) is 12.0. The van der Waals surface area contributed by atoms with Crippen molar-refractivity contribution in [2.75, 3.05) is 44.3 Å². The number of anilines is 2. The van der Waals surface area contributed by atoms with Gasteiger partial charge in [-0.1, -0.05) is 30.0 Å². The average molecular weight is 529 g/mol. The molecule has 2 aromatic heterocycles. The molecule has 1 aliphatic rings. The van der Waals surface area contributed by atoms with Gasteiger partial charge in [-0.05, 0) is 37.4 Å². The molecular weight excluding hydrogens is 500 g/mol. The highest BCUT2D eigenvalue weighted by molar-refractivity contribution is 7.98. The summed E-state index contributed by atoms with van der Waals surface area (Å²) in [5, 5.41) is 12.8. The highest BCUT2D eigenvalue weighted by Gasteiger charge is 2.17. The fraction of sp³-hybridized carbons (Fsp3) is 0.259. The molecule has 0 unspecified atom stereocenters. The van der Waals surface area contributed by atoms with Gasteiger partial charge in [0, 0.05) is 56.2 Å². The predicted molar refractivity (Wildman–Crippen MR) is 148 cm³/mol. The van der Waals surface area contributed by atoms with Crippen LogP contribution < -0.4 is 11.1 Å². The van der Waals surface area contributed by atoms with E-state index in [4.69, 9.17) is 5.73 Å². The molecule has 0 spiro atoms. The fourth-order valence-corrected chi connectivity index (χ4v) is 4.61. The van der Waals surface area contributed by atoms with Gasteiger partial charge in [-0.25, -0.2) is 9.97 Å². The van der Waals surface area contributed by atoms with Crippen LogP contribution in [0.5, 0.6) is 0 Å². The maximum absolute atomic E-state index is 12.5. The molecule has 38 heavy (non-hydrogen) atoms. The van der Waals surface area contributed by atoms with Crippen LogP contribution >= 0.6 is 11.8 Å². The van der Waals surface area contributed by atoms with Crippen LogP contribution in [-0.2, 0) is 15.3 Å². The summed E-state index contributed by atoms with van der Waals surface area (Å²) in [4.78, 5) is 41.3. The molecule has 0 bridgehead atoms. The van der Waals surface area contributed by atoms with Crippen molar-refractivity contribution in [1.82, 2.24) is 24.8 Å². The molecular formula is C27H28N8O2S. The number of nitriles is 1. The molecule has 10 nitrogen and oxygen atoms in total. The predicted octanol–water partition coefficient (Wildman–Crippen LogP) is 3.03. The fourth-order valence-electron chi connectivity index (χ4n) is 3.85. The molecule has 1 fully saturated rings. The van der Waals surface area contributed by atoms with Gasteiger partial charge in [0.15, 0.2) is 5.16 Å². The van der Waals surface area contributed by atoms with E-state index in [9.17, 15) is 14.9 Å². The molecule has 0 atom stereocenters. The summed E-state index contributed by atoms with van der Waals surface area (Å²) in [6, 6.07) is 14.7. The van der Waals surface area contributed by atoms with E-state index in [2.05, 4.69) is 38.3 Å². The first-order valence-corrected chi connectivity index (χ1v) is 13.0. The Kier molecular flexibility index (Phi) is 8.68. The van der Waals surface area contributed by atoms with Crippen LogP contribution in [0.2, 0.25) is 0 Å². The summed E-state index contributed by atoms with van der Waals surface area (Å²) in [6.07, 6.45) is 3.30. The maximum Gasteiger partial charge on any atom is 0.246 e. The van der Waals surface area contributed by atoms with E-state index in [1.807, 2.05) is 23.1 Å². The van der Waals surface area contributed by atoms with E-state index in [1.165, 1.54) is 18.7 Å². The van der Waals surface area contributed by atoms with Crippen molar-refractivity contribution in [2.45, 2.75) is 17.8 Å². The second-order valence-electron chi connectivity index (χ2n) is 8.79. The number of nitrogens with two attached hydrogens (primary N) is 1. The number of hydrogen-bond donors (Lipinski definition) is 2. The molecule has 0 radical (unpaired) electrons. The average Bonchev–Trinajstić information content (AvgIpc) is 2.91. The smallest absolute Gasteiger partial charge is 0.246 e. The number of hydrogen-bond acceptors (Lipinski definition) is 9. The van der Waals surface area contributed by atoms with Crippen molar-refractivity contribution >= 4 is 41.2 Å². The normalized spacial score (nSPS) is 13.9. The summed E-state index contributed by atoms with van der Waals surface area (Å²) in [7, 11) is 2.05. The van der Waals surface area contributed by atoms with Gasteiger partial charge in [0.05, 0.1) is 17.1 Å². The topological polar surface area (TPSA) is 141 Å². The number of benzene rings is 1. The lowest BCUT2D eigenvalue weighted by molar-refractivity contribution is -0.127. The monoisotopic (exact) mass is 528 g/mol. The minimum Gasteiger partial charge on any atom is -0.382 e. The molecule has 4 rings (SSSR count). The third-order valence-electron chi connectivity index (χ3n) is 5.90. The summed E-state index contributed by atoms with van der Waals surface area (Å²) < 4.78 is 0. The number of thioether (sulfide) groups is 1. The zero-order valence-corrected chi connectivity index (χ0v) is 22.0. The van der Waals surface area contributed by atoms with Crippen LogP contribution in [0.4, 0.5) is 11.5 Å². The minimum atomic E-state index is -0.171. The minimum absolute atomic E-state index is 0.0150. The zero-order valence-electron chi connectivity index (χ0n) is 21.2. The maximum atomic E-state index is 12.5. The van der Waals surface area contributed by atoms with Gasteiger partial charge in [0.1, 0.15) is 17.5 Å². The molecule has 194 valence electrons. The molecule has 1 saturated heterocycles. The molecule has 3 heterocycles. The SMILES string of the molecule is CC(=O)Nc1ccc(-c2nc(SCc3cccc(/C=C/C(=O)N4CCN(C)CC4)n3)nc(N)c2C#N)cc1. The van der Waals surface area contributed by atoms with Gasteiger partial charge in [0.25, 0.3) is 0 Å². The van der Waals surface area contributed by atoms with Crippen molar-refractivity contribution in [3.63, 3.8) is 0 Å². The van der Waals surface area contributed by atoms with E-state index in [0.29, 0.717) is 33.5 Å². The first kappa shape index (κ1) is 26.8. The quantitative estimate of drug-likeness (QED) is 0.269. The number of rotatable bonds is 7. The first-order chi connectivity index (χ1) is 18.3. The second kappa shape index (κ2) is 12.3. The number of nitrogens with zero attached hydrogens (tertiary/aromatic N) is 6. The van der Waals surface area contributed by atoms with Crippen LogP contribution in [-0.4, -0.2) is 69.8 Å². The molecule has 1 aliphatic heterocycles. The van der Waals surface area contributed by atoms with Crippen molar-refractivity contribution in [1.29, 1.82) is 5.26 Å². The standard InChI is InChI=1S/C27H28N8O2S/c1-18(36)30-21-8-6-19(7-9-21)25-23(16-28)26(29)33-27(32-25)38-17-22-5-3-4-20(31-22)10-11-24(37)35-14-12-34(2)13-15-35/h3-11H,12-15,17H2,1-2H3,(H,30,36)(H2,29,32,33)/b11-10+. The summed E-state index contributed by atoms with van der Waals surface area (Å²) in [5.74, 6) is 0.382. The number of amides is 2. The number of likely N-dealkylation sites (N-methyl/N-ethyl adjacent to an activating group) is 1. The lowest BCUT2D eigenvalue weighted by Gasteiger charge is -2.31. The second-order valence-corrected chi connectivity index (χ2v) is 9.73. The number of piperazine rings is 1. The zero-order chi connectivity index (χ0) is 27.1. The van der Waals surface area contributed by atoms with Crippen LogP contribution in [0.15, 0.2) is 53.7 Å². The Morgan fingerprint density at radius 1 is 1.11 bits per heavy atom. The number of carbonyl (C=O) groups excluding carboxylic acids is 2. The molecule has 2 amide bonds. The number of pyridine rings is 1. The Morgan fingerprint density at radius 2 is 1.84 bits per heavy atom. The van der Waals surface area contributed by atoms with Crippen LogP contribution in [0.3, 0.4) is 0 Å². The Morgan fingerprint density at radius 3 is 2.53 bits per heavy atom. The van der Waals surface area contributed by atoms with Crippen molar-refractivity contribution in [3.8, 4) is 17.3 Å². The molecule has 3 aromatic rings. The van der Waals surface area contributed by atoms with E-state index in [0.717, 1.165) is 31.9 Å². The van der Waals surface area contributed by atoms with Crippen molar-refractivity contribution in [2.24, 2.45) is 0 Å². The van der Waals surface area contributed by atoms with Crippen molar-refractivity contribution < 1.29 is 9.59 Å². The van der Waals surface area contributed by atoms with Gasteiger partial charge in [-0.2, -0.15) is 5.26 Å². The number of aromatic nitrogens is 3. The summed E-state index contributed by atoms with van der Waals surface area (Å²) in [6.45, 7) is 4.62. The van der Waals surface area contributed by atoms with Gasteiger partial charge < -0.3 is 20.9 Å². The van der Waals surface area contributed by atoms with Crippen LogP contribution in [0.1, 0.15) is 23.9 Å². The molecule has 11 heteroatoms. The summed E-state index contributed by atoms with van der Waals surface area (Å²) in [5.41, 5.74) is 9.50. The Bertz CT molecular complexity index is 1390. The van der Waals surface area contributed by atoms with Gasteiger partial charge >= 0.3 is 0 Å². The number of nitrogen functional groups attached to an aromatic ring is 1. The lowest BCUT2D eigenvalue weighted by Crippen LogP contribution is -2.46. The van der Waals surface area contributed by atoms with Gasteiger partial charge in [0.2, 0.25) is 11.8 Å². The Balaban J connectivity index is 1.45. The largest absolute Gasteiger partial charge is 0.382 e. The van der Waals surface area contributed by atoms with Gasteiger partial charge in [-0.15, -0.1) is 0 Å². The van der Waals surface area contributed by atoms with E-state index >= 15 is 0 Å². The third-order valence-corrected chi connectivity index (χ3v) is 6.78. The summed E-state index contributed by atoms with van der Waals surface area (Å²) >= 11 is 1.35. The highest BCUT2D eigenvalue weighted by atomic mass is 32.2. The van der Waals surface area contributed by atoms with Gasteiger partial charge in [-0.3, -0.25) is 14.6 Å². The number of carbonyl (C=O) groups is 2. The van der Waals surface area contributed by atoms with Crippen LogP contribution in [0.25, 0.3) is 17.3 Å². The van der Waals surface area contributed by atoms with Crippen LogP contribution in [0, 0.1) is 11.3 Å².